The van der Waals surface area contributed by atoms with E-state index < -0.39 is 5.51 Å². The van der Waals surface area contributed by atoms with Crippen LogP contribution in [-0.4, -0.2) is 22.4 Å². The minimum absolute atomic E-state index is 0.0227. The average molecular weight is 266 g/mol. The van der Waals surface area contributed by atoms with E-state index in [1.54, 1.807) is 4.57 Å². The van der Waals surface area contributed by atoms with E-state index in [-0.39, 0.29) is 17.5 Å². The van der Waals surface area contributed by atoms with Gasteiger partial charge in [-0.2, -0.15) is 13.2 Å². The maximum absolute atomic E-state index is 11.9. The number of nitrogens with zero attached hydrogens (tertiary/aromatic N) is 1. The van der Waals surface area contributed by atoms with Crippen LogP contribution in [0.5, 0.6) is 0 Å². The molecule has 0 unspecified atom stereocenters. The van der Waals surface area contributed by atoms with Crippen LogP contribution in [0.3, 0.4) is 0 Å². The van der Waals surface area contributed by atoms with Gasteiger partial charge in [-0.1, -0.05) is 6.92 Å². The Hall–Kier alpha value is -0.620. The Balaban J connectivity index is 2.26. The molecule has 0 aliphatic heterocycles. The third-order valence-electron chi connectivity index (χ3n) is 2.18. The van der Waals surface area contributed by atoms with E-state index in [9.17, 15) is 13.2 Å². The molecule has 0 saturated carbocycles. The topological polar surface area (TPSA) is 17.0 Å². The molecule has 0 radical (unpaired) electrons. The van der Waals surface area contributed by atoms with E-state index in [4.69, 9.17) is 0 Å². The van der Waals surface area contributed by atoms with E-state index >= 15 is 0 Å². The minimum atomic E-state index is -4.13. The first-order chi connectivity index (χ1) is 8.01. The van der Waals surface area contributed by atoms with Crippen molar-refractivity contribution in [3.63, 3.8) is 0 Å². The molecule has 0 spiro atoms. The van der Waals surface area contributed by atoms with Gasteiger partial charge in [0.1, 0.15) is 0 Å². The maximum atomic E-state index is 11.9. The molecule has 1 heterocycles. The smallest absolute Gasteiger partial charge is 0.353 e. The monoisotopic (exact) mass is 266 g/mol. The Bertz CT molecular complexity index is 323. The van der Waals surface area contributed by atoms with E-state index in [0.29, 0.717) is 6.54 Å². The van der Waals surface area contributed by atoms with Crippen LogP contribution in [0.25, 0.3) is 0 Å². The number of rotatable bonds is 7. The second-order valence-corrected chi connectivity index (χ2v) is 4.89. The van der Waals surface area contributed by atoms with Gasteiger partial charge in [0.25, 0.3) is 0 Å². The summed E-state index contributed by atoms with van der Waals surface area (Å²) in [5.41, 5.74) is -3.02. The van der Waals surface area contributed by atoms with E-state index in [1.807, 2.05) is 18.5 Å². The normalized spacial score (nSPS) is 12.0. The van der Waals surface area contributed by atoms with Crippen LogP contribution in [0.2, 0.25) is 0 Å². The summed E-state index contributed by atoms with van der Waals surface area (Å²) in [5, 5.41) is 3.25. The summed E-state index contributed by atoms with van der Waals surface area (Å²) < 4.78 is 37.5. The summed E-state index contributed by atoms with van der Waals surface area (Å²) in [7, 11) is 0. The molecule has 6 heteroatoms. The van der Waals surface area contributed by atoms with Gasteiger partial charge in [0.2, 0.25) is 0 Å². The number of nitrogens with one attached hydrogen (secondary N) is 1. The lowest BCUT2D eigenvalue weighted by Gasteiger charge is -2.06. The van der Waals surface area contributed by atoms with Crippen molar-refractivity contribution >= 4 is 11.8 Å². The van der Waals surface area contributed by atoms with Crippen LogP contribution >= 0.6 is 11.8 Å². The fourth-order valence-corrected chi connectivity index (χ4v) is 1.94. The van der Waals surface area contributed by atoms with Crippen molar-refractivity contribution in [3.8, 4) is 0 Å². The van der Waals surface area contributed by atoms with Gasteiger partial charge in [-0.3, -0.25) is 0 Å². The van der Waals surface area contributed by atoms with Gasteiger partial charge in [0.15, 0.2) is 0 Å². The predicted molar refractivity (Wildman–Crippen MR) is 64.9 cm³/mol. The highest BCUT2D eigenvalue weighted by Crippen LogP contribution is 2.29. The lowest BCUT2D eigenvalue weighted by Crippen LogP contribution is -2.13. The van der Waals surface area contributed by atoms with E-state index in [0.717, 1.165) is 25.1 Å². The first kappa shape index (κ1) is 14.4. The Morgan fingerprint density at radius 1 is 1.41 bits per heavy atom. The molecular weight excluding hydrogens is 249 g/mol. The van der Waals surface area contributed by atoms with Gasteiger partial charge in [-0.25, -0.2) is 0 Å². The molecule has 0 bridgehead atoms. The van der Waals surface area contributed by atoms with Gasteiger partial charge in [0, 0.05) is 31.2 Å². The molecule has 1 N–H and O–H groups in total. The number of hydrogen-bond donors (Lipinski definition) is 1. The predicted octanol–water partition coefficient (Wildman–Crippen LogP) is 3.24. The summed E-state index contributed by atoms with van der Waals surface area (Å²) in [6.45, 7) is 4.20. The molecule has 0 amide bonds. The van der Waals surface area contributed by atoms with Crippen molar-refractivity contribution in [3.05, 3.63) is 24.0 Å². The van der Waals surface area contributed by atoms with E-state index in [2.05, 4.69) is 12.2 Å². The first-order valence-corrected chi connectivity index (χ1v) is 6.56. The van der Waals surface area contributed by atoms with Crippen molar-refractivity contribution < 1.29 is 13.2 Å². The van der Waals surface area contributed by atoms with Crippen LogP contribution < -0.4 is 5.32 Å². The first-order valence-electron chi connectivity index (χ1n) is 5.57. The van der Waals surface area contributed by atoms with Crippen LogP contribution in [0.4, 0.5) is 13.2 Å². The Kier molecular flexibility index (Phi) is 5.91. The zero-order valence-electron chi connectivity index (χ0n) is 9.76. The average Bonchev–Trinajstić information content (AvgIpc) is 2.64. The summed E-state index contributed by atoms with van der Waals surface area (Å²) >= 11 is 0.0227. The molecule has 2 nitrogen and oxygen atoms in total. The number of alkyl halides is 3. The van der Waals surface area contributed by atoms with Crippen molar-refractivity contribution in [2.45, 2.75) is 31.9 Å². The van der Waals surface area contributed by atoms with Crippen molar-refractivity contribution in [2.24, 2.45) is 0 Å². The summed E-state index contributed by atoms with van der Waals surface area (Å²) in [6.07, 6.45) is 4.78. The number of halogens is 3. The summed E-state index contributed by atoms with van der Waals surface area (Å²) in [6, 6.07) is 1.93. The number of hydrogen-bond acceptors (Lipinski definition) is 2. The van der Waals surface area contributed by atoms with Gasteiger partial charge < -0.3 is 9.88 Å². The van der Waals surface area contributed by atoms with Crippen LogP contribution in [-0.2, 0) is 13.1 Å². The highest BCUT2D eigenvalue weighted by Gasteiger charge is 2.27. The molecular formula is C11H17F3N2S. The quantitative estimate of drug-likeness (QED) is 0.763. The molecule has 0 fully saturated rings. The minimum Gasteiger partial charge on any atom is -0.353 e. The van der Waals surface area contributed by atoms with Crippen LogP contribution in [0.1, 0.15) is 18.9 Å². The Labute approximate surface area is 104 Å². The SMILES string of the molecule is CCCNCc1ccn(CCSC(F)(F)F)c1. The second kappa shape index (κ2) is 6.96. The fourth-order valence-electron chi connectivity index (χ4n) is 1.41. The molecule has 0 atom stereocenters. The third-order valence-corrected chi connectivity index (χ3v) is 2.90. The third kappa shape index (κ3) is 6.63. The zero-order chi connectivity index (χ0) is 12.7. The van der Waals surface area contributed by atoms with Gasteiger partial charge >= 0.3 is 5.51 Å². The maximum Gasteiger partial charge on any atom is 0.441 e. The van der Waals surface area contributed by atoms with Crippen molar-refractivity contribution in [2.75, 3.05) is 12.3 Å². The molecule has 1 aromatic rings. The summed E-state index contributed by atoms with van der Waals surface area (Å²) in [4.78, 5) is 0. The lowest BCUT2D eigenvalue weighted by atomic mass is 10.3. The fraction of sp³-hybridized carbons (Fsp3) is 0.636. The molecule has 0 aromatic carbocycles. The molecule has 0 aliphatic carbocycles. The molecule has 98 valence electrons. The van der Waals surface area contributed by atoms with E-state index in [1.165, 1.54) is 0 Å². The summed E-state index contributed by atoms with van der Waals surface area (Å²) in [5.74, 6) is 0.0556. The van der Waals surface area contributed by atoms with Gasteiger partial charge in [0.05, 0.1) is 0 Å². The van der Waals surface area contributed by atoms with Gasteiger partial charge in [-0.05, 0) is 36.4 Å². The molecule has 0 saturated heterocycles. The molecule has 17 heavy (non-hydrogen) atoms. The Morgan fingerprint density at radius 3 is 2.82 bits per heavy atom. The zero-order valence-corrected chi connectivity index (χ0v) is 10.6. The van der Waals surface area contributed by atoms with Crippen molar-refractivity contribution in [1.29, 1.82) is 0 Å². The van der Waals surface area contributed by atoms with Gasteiger partial charge in [-0.15, -0.1) is 0 Å². The van der Waals surface area contributed by atoms with Crippen molar-refractivity contribution in [1.82, 2.24) is 9.88 Å². The molecule has 1 aromatic heterocycles. The molecule has 0 aliphatic rings. The standard InChI is InChI=1S/C11H17F3N2S/c1-2-4-15-8-10-3-5-16(9-10)6-7-17-11(12,13)14/h3,5,9,15H,2,4,6-8H2,1H3. The second-order valence-electron chi connectivity index (χ2n) is 3.73. The lowest BCUT2D eigenvalue weighted by molar-refractivity contribution is -0.0328. The number of aromatic nitrogens is 1. The number of aryl methyl sites for hydroxylation is 1. The highest BCUT2D eigenvalue weighted by molar-refractivity contribution is 8.00. The largest absolute Gasteiger partial charge is 0.441 e. The van der Waals surface area contributed by atoms with Crippen LogP contribution in [0.15, 0.2) is 18.5 Å². The highest BCUT2D eigenvalue weighted by atomic mass is 32.2. The number of thioether (sulfide) groups is 1. The molecule has 1 rings (SSSR count). The van der Waals surface area contributed by atoms with Crippen LogP contribution in [0, 0.1) is 0 Å². The Morgan fingerprint density at radius 2 is 2.18 bits per heavy atom.